The van der Waals surface area contributed by atoms with Crippen molar-refractivity contribution in [1.29, 1.82) is 0 Å². The van der Waals surface area contributed by atoms with Crippen LogP contribution in [0.25, 0.3) is 0 Å². The fraction of sp³-hybridized carbons (Fsp3) is 0.526. The molecule has 1 aromatic rings. The number of benzene rings is 1. The van der Waals surface area contributed by atoms with Crippen molar-refractivity contribution in [2.75, 3.05) is 18.9 Å². The van der Waals surface area contributed by atoms with Crippen LogP contribution in [0.1, 0.15) is 45.6 Å². The maximum Gasteiger partial charge on any atom is 0.224 e. The number of nitrogens with zero attached hydrogens (tertiary/aromatic N) is 1. The summed E-state index contributed by atoms with van der Waals surface area (Å²) in [7, 11) is 1.72. The first-order valence-corrected chi connectivity index (χ1v) is 8.59. The molecular formula is C19H27N3O3. The quantitative estimate of drug-likeness (QED) is 0.857. The molecule has 1 atom stereocenters. The number of likely N-dealkylation sites (tertiary alicyclic amines) is 1. The van der Waals surface area contributed by atoms with Gasteiger partial charge in [0, 0.05) is 38.5 Å². The fourth-order valence-corrected chi connectivity index (χ4v) is 2.95. The van der Waals surface area contributed by atoms with Crippen molar-refractivity contribution in [3.05, 3.63) is 29.8 Å². The van der Waals surface area contributed by atoms with E-state index in [1.807, 2.05) is 24.3 Å². The Bertz CT molecular complexity index is 664. The molecule has 0 aliphatic carbocycles. The second kappa shape index (κ2) is 7.68. The molecule has 6 heteroatoms. The monoisotopic (exact) mass is 345 g/mol. The molecule has 136 valence electrons. The first-order valence-electron chi connectivity index (χ1n) is 8.59. The van der Waals surface area contributed by atoms with Gasteiger partial charge in [-0.3, -0.25) is 14.4 Å². The Morgan fingerprint density at radius 1 is 1.16 bits per heavy atom. The summed E-state index contributed by atoms with van der Waals surface area (Å²) < 4.78 is 0. The van der Waals surface area contributed by atoms with E-state index in [1.165, 1.54) is 0 Å². The van der Waals surface area contributed by atoms with Gasteiger partial charge in [0.1, 0.15) is 0 Å². The SMILES string of the molecule is CN1CC(NC(=O)CCC(=O)Nc2ccccc2C(C)(C)C)CC1=O. The Balaban J connectivity index is 1.83. The van der Waals surface area contributed by atoms with Gasteiger partial charge < -0.3 is 15.5 Å². The van der Waals surface area contributed by atoms with E-state index in [0.29, 0.717) is 13.0 Å². The van der Waals surface area contributed by atoms with Crippen molar-refractivity contribution in [2.24, 2.45) is 0 Å². The van der Waals surface area contributed by atoms with Gasteiger partial charge >= 0.3 is 0 Å². The third-order valence-corrected chi connectivity index (χ3v) is 4.29. The number of hydrogen-bond donors (Lipinski definition) is 2. The van der Waals surface area contributed by atoms with Crippen molar-refractivity contribution < 1.29 is 14.4 Å². The summed E-state index contributed by atoms with van der Waals surface area (Å²) in [5.41, 5.74) is 1.76. The van der Waals surface area contributed by atoms with Crippen molar-refractivity contribution >= 4 is 23.4 Å². The van der Waals surface area contributed by atoms with E-state index < -0.39 is 0 Å². The average molecular weight is 345 g/mol. The molecule has 6 nitrogen and oxygen atoms in total. The second-order valence-corrected chi connectivity index (χ2v) is 7.59. The van der Waals surface area contributed by atoms with E-state index in [9.17, 15) is 14.4 Å². The topological polar surface area (TPSA) is 78.5 Å². The highest BCUT2D eigenvalue weighted by molar-refractivity contribution is 5.94. The first-order chi connectivity index (χ1) is 11.7. The molecule has 0 spiro atoms. The van der Waals surface area contributed by atoms with E-state index in [2.05, 4.69) is 31.4 Å². The number of rotatable bonds is 5. The summed E-state index contributed by atoms with van der Waals surface area (Å²) in [4.78, 5) is 37.2. The largest absolute Gasteiger partial charge is 0.351 e. The van der Waals surface area contributed by atoms with Crippen molar-refractivity contribution in [3.8, 4) is 0 Å². The van der Waals surface area contributed by atoms with Crippen molar-refractivity contribution in [3.63, 3.8) is 0 Å². The minimum Gasteiger partial charge on any atom is -0.351 e. The molecule has 1 fully saturated rings. The smallest absolute Gasteiger partial charge is 0.224 e. The van der Waals surface area contributed by atoms with Crippen LogP contribution in [-0.2, 0) is 19.8 Å². The minimum atomic E-state index is -0.202. The first kappa shape index (κ1) is 19.0. The maximum atomic E-state index is 12.2. The van der Waals surface area contributed by atoms with Crippen LogP contribution in [0.15, 0.2) is 24.3 Å². The fourth-order valence-electron chi connectivity index (χ4n) is 2.95. The Hall–Kier alpha value is -2.37. The van der Waals surface area contributed by atoms with Crippen LogP contribution in [0.5, 0.6) is 0 Å². The van der Waals surface area contributed by atoms with Crippen LogP contribution < -0.4 is 10.6 Å². The lowest BCUT2D eigenvalue weighted by Gasteiger charge is -2.23. The lowest BCUT2D eigenvalue weighted by atomic mass is 9.86. The zero-order valence-electron chi connectivity index (χ0n) is 15.4. The van der Waals surface area contributed by atoms with E-state index in [-0.39, 0.29) is 42.0 Å². The van der Waals surface area contributed by atoms with E-state index in [1.54, 1.807) is 11.9 Å². The van der Waals surface area contributed by atoms with Gasteiger partial charge in [0.25, 0.3) is 0 Å². The normalized spacial score (nSPS) is 17.5. The maximum absolute atomic E-state index is 12.2. The molecule has 1 saturated heterocycles. The van der Waals surface area contributed by atoms with Crippen LogP contribution in [0.4, 0.5) is 5.69 Å². The third kappa shape index (κ3) is 5.31. The Morgan fingerprint density at radius 2 is 1.80 bits per heavy atom. The number of anilines is 1. The van der Waals surface area contributed by atoms with Crippen molar-refractivity contribution in [1.82, 2.24) is 10.2 Å². The predicted octanol–water partition coefficient (Wildman–Crippen LogP) is 2.05. The molecule has 2 N–H and O–H groups in total. The highest BCUT2D eigenvalue weighted by Gasteiger charge is 2.27. The number of para-hydroxylation sites is 1. The molecule has 2 rings (SSSR count). The predicted molar refractivity (Wildman–Crippen MR) is 97.2 cm³/mol. The molecule has 0 aromatic heterocycles. The number of carbonyl (C=O) groups excluding carboxylic acids is 3. The zero-order valence-corrected chi connectivity index (χ0v) is 15.4. The lowest BCUT2D eigenvalue weighted by molar-refractivity contribution is -0.126. The van der Waals surface area contributed by atoms with E-state index in [0.717, 1.165) is 11.3 Å². The molecule has 1 heterocycles. The Morgan fingerprint density at radius 3 is 2.40 bits per heavy atom. The van der Waals surface area contributed by atoms with Gasteiger partial charge in [0.05, 0.1) is 6.04 Å². The molecule has 1 aliphatic rings. The number of amides is 3. The second-order valence-electron chi connectivity index (χ2n) is 7.59. The summed E-state index contributed by atoms with van der Waals surface area (Å²) in [6.07, 6.45) is 0.548. The Labute approximate surface area is 149 Å². The highest BCUT2D eigenvalue weighted by Crippen LogP contribution is 2.29. The van der Waals surface area contributed by atoms with Crippen LogP contribution in [0.2, 0.25) is 0 Å². The summed E-state index contributed by atoms with van der Waals surface area (Å²) in [6.45, 7) is 6.79. The van der Waals surface area contributed by atoms with Gasteiger partial charge in [-0.05, 0) is 17.0 Å². The summed E-state index contributed by atoms with van der Waals surface area (Å²) >= 11 is 0. The van der Waals surface area contributed by atoms with Gasteiger partial charge in [-0.2, -0.15) is 0 Å². The minimum absolute atomic E-state index is 0.0295. The van der Waals surface area contributed by atoms with Crippen LogP contribution in [-0.4, -0.2) is 42.3 Å². The molecular weight excluding hydrogens is 318 g/mol. The van der Waals surface area contributed by atoms with Gasteiger partial charge in [-0.1, -0.05) is 39.0 Å². The molecule has 0 bridgehead atoms. The van der Waals surface area contributed by atoms with Gasteiger partial charge in [0.2, 0.25) is 17.7 Å². The summed E-state index contributed by atoms with van der Waals surface area (Å²) in [5.74, 6) is -0.361. The van der Waals surface area contributed by atoms with Crippen LogP contribution in [0, 0.1) is 0 Å². The molecule has 0 saturated carbocycles. The average Bonchev–Trinajstić information content (AvgIpc) is 2.82. The lowest BCUT2D eigenvalue weighted by Crippen LogP contribution is -2.36. The zero-order chi connectivity index (χ0) is 18.6. The molecule has 0 radical (unpaired) electrons. The van der Waals surface area contributed by atoms with E-state index in [4.69, 9.17) is 0 Å². The van der Waals surface area contributed by atoms with Crippen LogP contribution in [0.3, 0.4) is 0 Å². The standard InChI is InChI=1S/C19H27N3O3/c1-19(2,3)14-7-5-6-8-15(14)21-17(24)10-9-16(23)20-13-11-18(25)22(4)12-13/h5-8,13H,9-12H2,1-4H3,(H,20,23)(H,21,24). The van der Waals surface area contributed by atoms with Crippen molar-refractivity contribution in [2.45, 2.75) is 51.5 Å². The van der Waals surface area contributed by atoms with E-state index >= 15 is 0 Å². The van der Waals surface area contributed by atoms with Gasteiger partial charge in [-0.25, -0.2) is 0 Å². The number of likely N-dealkylation sites (N-methyl/N-ethyl adjacent to an activating group) is 1. The highest BCUT2D eigenvalue weighted by atomic mass is 16.2. The molecule has 1 unspecified atom stereocenters. The molecule has 1 aliphatic heterocycles. The van der Waals surface area contributed by atoms with Gasteiger partial charge in [-0.15, -0.1) is 0 Å². The number of hydrogen-bond acceptors (Lipinski definition) is 3. The molecule has 25 heavy (non-hydrogen) atoms. The van der Waals surface area contributed by atoms with Gasteiger partial charge in [0.15, 0.2) is 0 Å². The number of carbonyl (C=O) groups is 3. The molecule has 1 aromatic carbocycles. The third-order valence-electron chi connectivity index (χ3n) is 4.29. The number of nitrogens with one attached hydrogen (secondary N) is 2. The Kier molecular flexibility index (Phi) is 5.82. The summed E-state index contributed by atoms with van der Waals surface area (Å²) in [5, 5.41) is 5.71. The van der Waals surface area contributed by atoms with Crippen LogP contribution >= 0.6 is 0 Å². The molecule has 3 amide bonds. The summed E-state index contributed by atoms with van der Waals surface area (Å²) in [6, 6.07) is 7.54.